The van der Waals surface area contributed by atoms with E-state index in [1.807, 2.05) is 50.2 Å². The van der Waals surface area contributed by atoms with Crippen LogP contribution in [0.2, 0.25) is 0 Å². The molecule has 4 rings (SSSR count). The van der Waals surface area contributed by atoms with E-state index in [-0.39, 0.29) is 23.0 Å². The normalized spacial score (nSPS) is 12.0. The Balaban J connectivity index is 1.71. The lowest BCUT2D eigenvalue weighted by atomic mass is 9.96. The standard InChI is InChI=1S/C24H24N4O4/c1-4-32-19-12-17(16-7-5-6-15(11-16)10-14(2)24(30)31-3)8-9-18(19)21-27-22-20(23(29)28-21)25-13-26-22/h5-9,11-14H,4,10H2,1-3H3,(H2,25,26,27,28,29). The average Bonchev–Trinajstić information content (AvgIpc) is 3.28. The summed E-state index contributed by atoms with van der Waals surface area (Å²) in [5.41, 5.74) is 4.04. The lowest BCUT2D eigenvalue weighted by Gasteiger charge is -2.13. The second kappa shape index (κ2) is 9.05. The van der Waals surface area contributed by atoms with Crippen molar-refractivity contribution in [2.24, 2.45) is 5.92 Å². The number of hydrogen-bond donors (Lipinski definition) is 2. The predicted molar refractivity (Wildman–Crippen MR) is 121 cm³/mol. The van der Waals surface area contributed by atoms with Gasteiger partial charge >= 0.3 is 5.97 Å². The van der Waals surface area contributed by atoms with Crippen molar-refractivity contribution in [2.45, 2.75) is 20.3 Å². The molecule has 0 bridgehead atoms. The van der Waals surface area contributed by atoms with E-state index in [9.17, 15) is 9.59 Å². The fraction of sp³-hybridized carbons (Fsp3) is 0.250. The van der Waals surface area contributed by atoms with Gasteiger partial charge < -0.3 is 19.4 Å². The number of nitrogens with zero attached hydrogens (tertiary/aromatic N) is 2. The number of fused-ring (bicyclic) bond motifs is 1. The van der Waals surface area contributed by atoms with Gasteiger partial charge in [-0.25, -0.2) is 9.97 Å². The summed E-state index contributed by atoms with van der Waals surface area (Å²) in [7, 11) is 1.40. The van der Waals surface area contributed by atoms with Crippen LogP contribution >= 0.6 is 0 Å². The quantitative estimate of drug-likeness (QED) is 0.431. The molecule has 0 amide bonds. The van der Waals surface area contributed by atoms with Crippen LogP contribution in [0.15, 0.2) is 53.6 Å². The van der Waals surface area contributed by atoms with Gasteiger partial charge in [-0.15, -0.1) is 0 Å². The van der Waals surface area contributed by atoms with Gasteiger partial charge in [0, 0.05) is 0 Å². The first kappa shape index (κ1) is 21.3. The summed E-state index contributed by atoms with van der Waals surface area (Å²) < 4.78 is 10.7. The van der Waals surface area contributed by atoms with Crippen LogP contribution in [0, 0.1) is 5.92 Å². The molecule has 2 N–H and O–H groups in total. The van der Waals surface area contributed by atoms with Gasteiger partial charge in [-0.2, -0.15) is 0 Å². The molecule has 32 heavy (non-hydrogen) atoms. The maximum Gasteiger partial charge on any atom is 0.308 e. The molecule has 2 aromatic carbocycles. The van der Waals surface area contributed by atoms with Crippen LogP contribution < -0.4 is 10.3 Å². The van der Waals surface area contributed by atoms with Gasteiger partial charge in [0.05, 0.1) is 31.5 Å². The van der Waals surface area contributed by atoms with Gasteiger partial charge in [-0.3, -0.25) is 9.59 Å². The van der Waals surface area contributed by atoms with Crippen molar-refractivity contribution in [3.8, 4) is 28.3 Å². The summed E-state index contributed by atoms with van der Waals surface area (Å²) in [6, 6.07) is 13.8. The number of nitrogens with one attached hydrogen (secondary N) is 2. The molecule has 0 aliphatic heterocycles. The first-order valence-electron chi connectivity index (χ1n) is 10.4. The SMILES string of the molecule is CCOc1cc(-c2cccc(CC(C)C(=O)OC)c2)ccc1-c1nc2[nH]cnc2c(=O)[nH]1. The summed E-state index contributed by atoms with van der Waals surface area (Å²) in [5, 5.41) is 0. The second-order valence-electron chi connectivity index (χ2n) is 7.49. The summed E-state index contributed by atoms with van der Waals surface area (Å²) >= 11 is 0. The minimum Gasteiger partial charge on any atom is -0.493 e. The van der Waals surface area contributed by atoms with Crippen LogP contribution in [0.5, 0.6) is 5.75 Å². The monoisotopic (exact) mass is 432 g/mol. The fourth-order valence-electron chi connectivity index (χ4n) is 3.66. The molecule has 1 unspecified atom stereocenters. The van der Waals surface area contributed by atoms with Crippen LogP contribution in [-0.2, 0) is 16.0 Å². The van der Waals surface area contributed by atoms with E-state index in [0.29, 0.717) is 35.8 Å². The average molecular weight is 432 g/mol. The highest BCUT2D eigenvalue weighted by Crippen LogP contribution is 2.33. The molecule has 2 heterocycles. The molecule has 0 aliphatic carbocycles. The smallest absolute Gasteiger partial charge is 0.308 e. The van der Waals surface area contributed by atoms with Gasteiger partial charge in [0.1, 0.15) is 11.6 Å². The van der Waals surface area contributed by atoms with E-state index >= 15 is 0 Å². The number of rotatable bonds is 7. The highest BCUT2D eigenvalue weighted by atomic mass is 16.5. The zero-order chi connectivity index (χ0) is 22.7. The minimum absolute atomic E-state index is 0.225. The molecule has 0 fully saturated rings. The molecule has 4 aromatic rings. The third-order valence-electron chi connectivity index (χ3n) is 5.23. The molecule has 164 valence electrons. The van der Waals surface area contributed by atoms with Crippen molar-refractivity contribution in [3.05, 3.63) is 64.7 Å². The van der Waals surface area contributed by atoms with Gasteiger partial charge in [-0.1, -0.05) is 37.3 Å². The van der Waals surface area contributed by atoms with Gasteiger partial charge in [0.15, 0.2) is 11.2 Å². The Kier molecular flexibility index (Phi) is 6.02. The molecule has 0 saturated heterocycles. The number of hydrogen-bond acceptors (Lipinski definition) is 6. The van der Waals surface area contributed by atoms with Crippen molar-refractivity contribution < 1.29 is 14.3 Å². The maximum atomic E-state index is 12.3. The molecule has 0 radical (unpaired) electrons. The van der Waals surface area contributed by atoms with Crippen molar-refractivity contribution >= 4 is 17.1 Å². The number of benzene rings is 2. The van der Waals surface area contributed by atoms with Crippen molar-refractivity contribution in [3.63, 3.8) is 0 Å². The van der Waals surface area contributed by atoms with Crippen LogP contribution in [0.4, 0.5) is 0 Å². The number of H-pyrrole nitrogens is 2. The highest BCUT2D eigenvalue weighted by Gasteiger charge is 2.16. The maximum absolute atomic E-state index is 12.3. The molecule has 8 heteroatoms. The molecular weight excluding hydrogens is 408 g/mol. The fourth-order valence-corrected chi connectivity index (χ4v) is 3.66. The molecule has 8 nitrogen and oxygen atoms in total. The number of aromatic amines is 2. The van der Waals surface area contributed by atoms with Gasteiger partial charge in [-0.05, 0) is 42.2 Å². The van der Waals surface area contributed by atoms with Crippen molar-refractivity contribution in [1.82, 2.24) is 19.9 Å². The minimum atomic E-state index is -0.315. The van der Waals surface area contributed by atoms with Gasteiger partial charge in [0.2, 0.25) is 0 Å². The summed E-state index contributed by atoms with van der Waals surface area (Å²) in [5.74, 6) is 0.564. The summed E-state index contributed by atoms with van der Waals surface area (Å²) in [6.45, 7) is 4.22. The lowest BCUT2D eigenvalue weighted by Crippen LogP contribution is -2.15. The third-order valence-corrected chi connectivity index (χ3v) is 5.23. The highest BCUT2D eigenvalue weighted by molar-refractivity contribution is 5.77. The molecule has 1 atom stereocenters. The number of methoxy groups -OCH3 is 1. The number of carbonyl (C=O) groups is 1. The first-order chi connectivity index (χ1) is 15.5. The van der Waals surface area contributed by atoms with Crippen LogP contribution in [0.1, 0.15) is 19.4 Å². The molecule has 2 aromatic heterocycles. The Bertz CT molecular complexity index is 1330. The summed E-state index contributed by atoms with van der Waals surface area (Å²) in [4.78, 5) is 38.2. The first-order valence-corrected chi connectivity index (χ1v) is 10.4. The predicted octanol–water partition coefficient (Wildman–Crippen LogP) is 3.73. The molecule has 0 spiro atoms. The van der Waals surface area contributed by atoms with Crippen molar-refractivity contribution in [1.29, 1.82) is 0 Å². The van der Waals surface area contributed by atoms with E-state index in [1.54, 1.807) is 0 Å². The Morgan fingerprint density at radius 1 is 1.16 bits per heavy atom. The molecule has 0 aliphatic rings. The van der Waals surface area contributed by atoms with Gasteiger partial charge in [0.25, 0.3) is 5.56 Å². The summed E-state index contributed by atoms with van der Waals surface area (Å²) in [6.07, 6.45) is 2.03. The number of imidazole rings is 1. The van der Waals surface area contributed by atoms with Crippen LogP contribution in [0.25, 0.3) is 33.7 Å². The second-order valence-corrected chi connectivity index (χ2v) is 7.49. The van der Waals surface area contributed by atoms with E-state index in [4.69, 9.17) is 9.47 Å². The van der Waals surface area contributed by atoms with Crippen LogP contribution in [-0.4, -0.2) is 39.6 Å². The molecule has 0 saturated carbocycles. The zero-order valence-corrected chi connectivity index (χ0v) is 18.1. The lowest BCUT2D eigenvalue weighted by molar-refractivity contribution is -0.144. The van der Waals surface area contributed by atoms with E-state index in [1.165, 1.54) is 13.4 Å². The number of carbonyl (C=O) groups excluding carboxylic acids is 1. The van der Waals surface area contributed by atoms with E-state index in [0.717, 1.165) is 16.7 Å². The Hall–Kier alpha value is -3.94. The van der Waals surface area contributed by atoms with Crippen molar-refractivity contribution in [2.75, 3.05) is 13.7 Å². The van der Waals surface area contributed by atoms with Crippen LogP contribution in [0.3, 0.4) is 0 Å². The number of aromatic nitrogens is 4. The number of esters is 1. The van der Waals surface area contributed by atoms with E-state index < -0.39 is 0 Å². The zero-order valence-electron chi connectivity index (χ0n) is 18.1. The topological polar surface area (TPSA) is 110 Å². The Morgan fingerprint density at radius 3 is 2.75 bits per heavy atom. The Labute approximate surface area is 184 Å². The Morgan fingerprint density at radius 2 is 1.97 bits per heavy atom. The molecular formula is C24H24N4O4. The largest absolute Gasteiger partial charge is 0.493 e. The van der Waals surface area contributed by atoms with E-state index in [2.05, 4.69) is 26.0 Å². The third kappa shape index (κ3) is 4.25. The number of ether oxygens (including phenoxy) is 2.